The summed E-state index contributed by atoms with van der Waals surface area (Å²) in [5, 5.41) is 10.6. The Labute approximate surface area is 172 Å². The van der Waals surface area contributed by atoms with Gasteiger partial charge in [-0.25, -0.2) is 14.3 Å². The first-order valence-electron chi connectivity index (χ1n) is 8.97. The van der Waals surface area contributed by atoms with Gasteiger partial charge in [0.15, 0.2) is 5.69 Å². The molecule has 30 heavy (non-hydrogen) atoms. The summed E-state index contributed by atoms with van der Waals surface area (Å²) in [4.78, 5) is 36.8. The van der Waals surface area contributed by atoms with Crippen LogP contribution in [0.4, 0.5) is 5.69 Å². The molecule has 0 aliphatic heterocycles. The third-order valence-electron chi connectivity index (χ3n) is 4.48. The van der Waals surface area contributed by atoms with Crippen LogP contribution >= 0.6 is 0 Å². The van der Waals surface area contributed by atoms with Crippen LogP contribution in [0.25, 0.3) is 5.69 Å². The Morgan fingerprint density at radius 2 is 1.60 bits per heavy atom. The molecule has 154 valence electrons. The van der Waals surface area contributed by atoms with Gasteiger partial charge in [0.05, 0.1) is 42.4 Å². The maximum Gasteiger partial charge on any atom is 0.339 e. The molecule has 3 rings (SSSR count). The third-order valence-corrected chi connectivity index (χ3v) is 4.48. The van der Waals surface area contributed by atoms with Crippen molar-refractivity contribution >= 4 is 23.5 Å². The highest BCUT2D eigenvalue weighted by molar-refractivity contribution is 6.08. The fraction of sp³-hybridized carbons (Fsp3) is 0.190. The SMILES string of the molecule is COC(=O)c1ccc(C(=O)OC)c(NC(=O)c2nnn(-c3ccc(C)cc3)c2C)c1. The number of benzene rings is 2. The van der Waals surface area contributed by atoms with Gasteiger partial charge in [-0.3, -0.25) is 4.79 Å². The van der Waals surface area contributed by atoms with Crippen LogP contribution in [-0.4, -0.2) is 47.1 Å². The average molecular weight is 408 g/mol. The second-order valence-electron chi connectivity index (χ2n) is 6.47. The van der Waals surface area contributed by atoms with E-state index in [0.29, 0.717) is 5.69 Å². The maximum atomic E-state index is 12.9. The Bertz CT molecular complexity index is 1120. The summed E-state index contributed by atoms with van der Waals surface area (Å²) < 4.78 is 11.0. The van der Waals surface area contributed by atoms with Crippen LogP contribution in [0, 0.1) is 13.8 Å². The van der Waals surface area contributed by atoms with Crippen LogP contribution in [-0.2, 0) is 9.47 Å². The van der Waals surface area contributed by atoms with E-state index in [1.807, 2.05) is 31.2 Å². The second-order valence-corrected chi connectivity index (χ2v) is 6.47. The molecule has 3 aromatic rings. The molecule has 9 nitrogen and oxygen atoms in total. The molecule has 0 saturated heterocycles. The lowest BCUT2D eigenvalue weighted by Crippen LogP contribution is -2.18. The van der Waals surface area contributed by atoms with Crippen molar-refractivity contribution in [3.05, 3.63) is 70.5 Å². The van der Waals surface area contributed by atoms with E-state index in [9.17, 15) is 14.4 Å². The van der Waals surface area contributed by atoms with E-state index in [4.69, 9.17) is 9.47 Å². The number of carbonyl (C=O) groups excluding carboxylic acids is 3. The van der Waals surface area contributed by atoms with Crippen molar-refractivity contribution in [1.82, 2.24) is 15.0 Å². The number of amides is 1. The molecular formula is C21H20N4O5. The highest BCUT2D eigenvalue weighted by Crippen LogP contribution is 2.21. The Balaban J connectivity index is 1.95. The Morgan fingerprint density at radius 1 is 0.933 bits per heavy atom. The Hall–Kier alpha value is -4.01. The molecule has 0 atom stereocenters. The third kappa shape index (κ3) is 4.04. The molecule has 0 fully saturated rings. The van der Waals surface area contributed by atoms with Gasteiger partial charge in [0, 0.05) is 0 Å². The van der Waals surface area contributed by atoms with Crippen molar-refractivity contribution in [1.29, 1.82) is 0 Å². The number of hydrogen-bond acceptors (Lipinski definition) is 7. The highest BCUT2D eigenvalue weighted by Gasteiger charge is 2.21. The topological polar surface area (TPSA) is 112 Å². The average Bonchev–Trinajstić information content (AvgIpc) is 3.14. The summed E-state index contributed by atoms with van der Waals surface area (Å²) in [5.41, 5.74) is 2.79. The molecule has 0 aliphatic carbocycles. The highest BCUT2D eigenvalue weighted by atomic mass is 16.5. The number of anilines is 1. The Morgan fingerprint density at radius 3 is 2.23 bits per heavy atom. The largest absolute Gasteiger partial charge is 0.465 e. The van der Waals surface area contributed by atoms with Gasteiger partial charge in [-0.05, 0) is 44.2 Å². The summed E-state index contributed by atoms with van der Waals surface area (Å²) in [5.74, 6) is -1.86. The smallest absolute Gasteiger partial charge is 0.339 e. The number of esters is 2. The number of nitrogens with zero attached hydrogens (tertiary/aromatic N) is 3. The van der Waals surface area contributed by atoms with Crippen LogP contribution in [0.5, 0.6) is 0 Å². The van der Waals surface area contributed by atoms with E-state index in [1.54, 1.807) is 11.6 Å². The van der Waals surface area contributed by atoms with E-state index >= 15 is 0 Å². The first-order valence-corrected chi connectivity index (χ1v) is 8.97. The predicted octanol–water partition coefficient (Wildman–Crippen LogP) is 2.71. The molecule has 1 N–H and O–H groups in total. The van der Waals surface area contributed by atoms with Crippen molar-refractivity contribution in [2.24, 2.45) is 0 Å². The van der Waals surface area contributed by atoms with Crippen molar-refractivity contribution in [3.8, 4) is 5.69 Å². The van der Waals surface area contributed by atoms with Gasteiger partial charge in [-0.2, -0.15) is 0 Å². The number of methoxy groups -OCH3 is 2. The number of rotatable bonds is 5. The molecule has 1 amide bonds. The van der Waals surface area contributed by atoms with Crippen molar-refractivity contribution in [2.45, 2.75) is 13.8 Å². The van der Waals surface area contributed by atoms with Crippen LogP contribution in [0.2, 0.25) is 0 Å². The van der Waals surface area contributed by atoms with Gasteiger partial charge < -0.3 is 14.8 Å². The number of aryl methyl sites for hydroxylation is 1. The molecule has 0 bridgehead atoms. The van der Waals surface area contributed by atoms with Crippen molar-refractivity contribution in [3.63, 3.8) is 0 Å². The zero-order valence-corrected chi connectivity index (χ0v) is 16.9. The molecule has 0 unspecified atom stereocenters. The zero-order chi connectivity index (χ0) is 21.8. The Kier molecular flexibility index (Phi) is 5.91. The van der Waals surface area contributed by atoms with Crippen LogP contribution in [0.1, 0.15) is 42.5 Å². The number of aromatic nitrogens is 3. The predicted molar refractivity (Wildman–Crippen MR) is 108 cm³/mol. The number of carbonyl (C=O) groups is 3. The monoisotopic (exact) mass is 408 g/mol. The summed E-state index contributed by atoms with van der Waals surface area (Å²) in [7, 11) is 2.46. The normalized spacial score (nSPS) is 10.4. The fourth-order valence-corrected chi connectivity index (χ4v) is 2.83. The molecule has 0 radical (unpaired) electrons. The van der Waals surface area contributed by atoms with Crippen molar-refractivity contribution < 1.29 is 23.9 Å². The quantitative estimate of drug-likeness (QED) is 0.646. The lowest BCUT2D eigenvalue weighted by molar-refractivity contribution is 0.0587. The molecule has 0 spiro atoms. The standard InChI is InChI=1S/C21H20N4O5/c1-12-5-8-15(9-6-12)25-13(2)18(23-24-25)19(26)22-17-11-14(20(27)29-3)7-10-16(17)21(28)30-4/h5-11H,1-4H3,(H,22,26). The molecular weight excluding hydrogens is 388 g/mol. The first kappa shape index (κ1) is 20.7. The molecule has 0 aliphatic rings. The van der Waals surface area contributed by atoms with E-state index in [2.05, 4.69) is 15.6 Å². The summed E-state index contributed by atoms with van der Waals surface area (Å²) in [6.07, 6.45) is 0. The fourth-order valence-electron chi connectivity index (χ4n) is 2.83. The van der Waals surface area contributed by atoms with E-state index < -0.39 is 17.8 Å². The molecule has 1 heterocycles. The molecule has 1 aromatic heterocycles. The van der Waals surface area contributed by atoms with E-state index in [0.717, 1.165) is 11.3 Å². The maximum absolute atomic E-state index is 12.9. The number of nitrogens with one attached hydrogen (secondary N) is 1. The molecule has 0 saturated carbocycles. The van der Waals surface area contributed by atoms with Crippen LogP contribution in [0.3, 0.4) is 0 Å². The van der Waals surface area contributed by atoms with Gasteiger partial charge in [-0.15, -0.1) is 5.10 Å². The second kappa shape index (κ2) is 8.56. The van der Waals surface area contributed by atoms with E-state index in [1.165, 1.54) is 32.4 Å². The van der Waals surface area contributed by atoms with Gasteiger partial charge in [0.25, 0.3) is 5.91 Å². The van der Waals surface area contributed by atoms with E-state index in [-0.39, 0.29) is 22.5 Å². The number of hydrogen-bond donors (Lipinski definition) is 1. The summed E-state index contributed by atoms with van der Waals surface area (Å²) >= 11 is 0. The van der Waals surface area contributed by atoms with Crippen LogP contribution in [0.15, 0.2) is 42.5 Å². The van der Waals surface area contributed by atoms with Gasteiger partial charge in [0.2, 0.25) is 0 Å². The van der Waals surface area contributed by atoms with Crippen molar-refractivity contribution in [2.75, 3.05) is 19.5 Å². The minimum Gasteiger partial charge on any atom is -0.465 e. The molecule has 9 heteroatoms. The summed E-state index contributed by atoms with van der Waals surface area (Å²) in [6, 6.07) is 11.7. The number of ether oxygens (including phenoxy) is 2. The van der Waals surface area contributed by atoms with Gasteiger partial charge in [-0.1, -0.05) is 22.9 Å². The lowest BCUT2D eigenvalue weighted by atomic mass is 10.1. The van der Waals surface area contributed by atoms with Gasteiger partial charge >= 0.3 is 11.9 Å². The van der Waals surface area contributed by atoms with Gasteiger partial charge in [0.1, 0.15) is 0 Å². The zero-order valence-electron chi connectivity index (χ0n) is 16.9. The van der Waals surface area contributed by atoms with Crippen LogP contribution < -0.4 is 5.32 Å². The summed E-state index contributed by atoms with van der Waals surface area (Å²) in [6.45, 7) is 3.68. The molecule has 2 aromatic carbocycles. The lowest BCUT2D eigenvalue weighted by Gasteiger charge is -2.11. The first-order chi connectivity index (χ1) is 14.3. The minimum absolute atomic E-state index is 0.0786. The minimum atomic E-state index is -0.665.